The van der Waals surface area contributed by atoms with E-state index in [0.717, 1.165) is 17.0 Å². The molecule has 2 heterocycles. The summed E-state index contributed by atoms with van der Waals surface area (Å²) in [4.78, 5) is 55.7. The summed E-state index contributed by atoms with van der Waals surface area (Å²) in [5, 5.41) is 13.5. The second-order valence-corrected chi connectivity index (χ2v) is 7.86. The second kappa shape index (κ2) is 11.6. The number of nitrogens with zero attached hydrogens (tertiary/aromatic N) is 4. The van der Waals surface area contributed by atoms with Crippen LogP contribution < -0.4 is 21.7 Å². The molecule has 3 N–H and O–H groups in total. The van der Waals surface area contributed by atoms with E-state index < -0.39 is 16.6 Å². The minimum Gasteiger partial charge on any atom is -0.443 e. The van der Waals surface area contributed by atoms with E-state index >= 15 is 0 Å². The summed E-state index contributed by atoms with van der Waals surface area (Å²) in [5.41, 5.74) is 7.43. The van der Waals surface area contributed by atoms with E-state index in [1.165, 1.54) is 35.0 Å². The van der Waals surface area contributed by atoms with Gasteiger partial charge in [-0.3, -0.25) is 34.7 Å². The molecule has 1 aromatic carbocycles. The lowest BCUT2D eigenvalue weighted by molar-refractivity contribution is -0.384. The number of hydrogen-bond donors (Lipinski definition) is 3. The predicted octanol–water partition coefficient (Wildman–Crippen LogP) is 2.04. The van der Waals surface area contributed by atoms with Gasteiger partial charge in [-0.2, -0.15) is 0 Å². The van der Waals surface area contributed by atoms with Crippen LogP contribution in [0, 0.1) is 30.9 Å². The lowest BCUT2D eigenvalue weighted by Crippen LogP contribution is -2.38. The highest BCUT2D eigenvalue weighted by molar-refractivity contribution is 5.76. The van der Waals surface area contributed by atoms with Gasteiger partial charge in [0.15, 0.2) is 0 Å². The minimum atomic E-state index is -0.901. The molecule has 2 aromatic heterocycles. The Morgan fingerprint density at radius 2 is 1.83 bits per heavy atom. The number of aryl methyl sites for hydroxylation is 3. The molecule has 13 heteroatoms. The first-order valence-corrected chi connectivity index (χ1v) is 10.8. The molecular weight excluding hydrogens is 470 g/mol. The van der Waals surface area contributed by atoms with Crippen LogP contribution in [-0.4, -0.2) is 31.5 Å². The molecule has 0 radical (unpaired) electrons. The Labute approximate surface area is 205 Å². The number of non-ortho nitro benzene ring substituents is 1. The third kappa shape index (κ3) is 6.85. The molecule has 0 bridgehead atoms. The zero-order chi connectivity index (χ0) is 26.2. The van der Waals surface area contributed by atoms with Crippen molar-refractivity contribution in [1.82, 2.24) is 25.3 Å². The Morgan fingerprint density at radius 1 is 1.11 bits per heavy atom. The fourth-order valence-electron chi connectivity index (χ4n) is 3.16. The van der Waals surface area contributed by atoms with Crippen LogP contribution >= 0.6 is 0 Å². The van der Waals surface area contributed by atoms with Crippen molar-refractivity contribution in [3.8, 4) is 0 Å². The van der Waals surface area contributed by atoms with Gasteiger partial charge in [0, 0.05) is 42.0 Å². The van der Waals surface area contributed by atoms with E-state index in [0.29, 0.717) is 11.3 Å². The summed E-state index contributed by atoms with van der Waals surface area (Å²) in [6, 6.07) is 9.25. The Balaban J connectivity index is 1.54. The van der Waals surface area contributed by atoms with E-state index in [-0.39, 0.29) is 37.1 Å². The summed E-state index contributed by atoms with van der Waals surface area (Å²) < 4.78 is 6.23. The quantitative estimate of drug-likeness (QED) is 0.297. The lowest BCUT2D eigenvalue weighted by atomic mass is 10.2. The van der Waals surface area contributed by atoms with Crippen LogP contribution in [-0.2, 0) is 29.2 Å². The first kappa shape index (κ1) is 25.8. The molecule has 2 amide bonds. The maximum atomic E-state index is 12.8. The highest BCUT2D eigenvalue weighted by Crippen LogP contribution is 2.12. The maximum Gasteiger partial charge on any atom is 0.426 e. The van der Waals surface area contributed by atoms with E-state index in [1.807, 2.05) is 26.0 Å². The Hall–Kier alpha value is -4.81. The van der Waals surface area contributed by atoms with Crippen molar-refractivity contribution in [1.29, 1.82) is 0 Å². The third-order valence-electron chi connectivity index (χ3n) is 5.17. The molecule has 13 nitrogen and oxygen atoms in total. The van der Waals surface area contributed by atoms with Gasteiger partial charge in [-0.1, -0.05) is 6.07 Å². The van der Waals surface area contributed by atoms with Crippen molar-refractivity contribution in [3.05, 3.63) is 91.3 Å². The molecule has 0 aliphatic heterocycles. The second-order valence-electron chi connectivity index (χ2n) is 7.86. The molecule has 0 fully saturated rings. The van der Waals surface area contributed by atoms with Gasteiger partial charge in [-0.15, -0.1) is 0 Å². The normalized spacial score (nSPS) is 10.4. The predicted molar refractivity (Wildman–Crippen MR) is 129 cm³/mol. The summed E-state index contributed by atoms with van der Waals surface area (Å²) in [6.07, 6.45) is 0.482. The number of amides is 2. The number of benzene rings is 1. The molecule has 0 unspecified atom stereocenters. The van der Waals surface area contributed by atoms with E-state index in [2.05, 4.69) is 26.1 Å². The Bertz CT molecular complexity index is 1340. The van der Waals surface area contributed by atoms with Gasteiger partial charge in [-0.05, 0) is 50.1 Å². The fourth-order valence-corrected chi connectivity index (χ4v) is 3.16. The molecule has 0 saturated heterocycles. The molecule has 0 atom stereocenters. The monoisotopic (exact) mass is 495 g/mol. The average molecular weight is 495 g/mol. The first-order valence-electron chi connectivity index (χ1n) is 10.8. The van der Waals surface area contributed by atoms with Crippen LogP contribution in [0.15, 0.2) is 47.4 Å². The number of hydrazine groups is 1. The smallest absolute Gasteiger partial charge is 0.426 e. The largest absolute Gasteiger partial charge is 0.443 e. The van der Waals surface area contributed by atoms with Gasteiger partial charge >= 0.3 is 6.09 Å². The Morgan fingerprint density at radius 3 is 2.50 bits per heavy atom. The SMILES string of the molecule is Cc1ccc(CNC(=O)Cn2c(C)cnc(NNC(=O)OCc3ccc([N+](=O)[O-])cc3)c2=O)c(C)n1. The highest BCUT2D eigenvalue weighted by atomic mass is 16.6. The number of nitro benzene ring substituents is 1. The molecular formula is C23H25N7O6. The van der Waals surface area contributed by atoms with Crippen molar-refractivity contribution in [2.75, 3.05) is 5.43 Å². The number of hydrogen-bond acceptors (Lipinski definition) is 9. The van der Waals surface area contributed by atoms with Crippen LogP contribution in [0.3, 0.4) is 0 Å². The number of carbonyl (C=O) groups excluding carboxylic acids is 2. The number of pyridine rings is 1. The van der Waals surface area contributed by atoms with Crippen molar-refractivity contribution < 1.29 is 19.2 Å². The number of ether oxygens (including phenoxy) is 1. The zero-order valence-electron chi connectivity index (χ0n) is 19.9. The van der Waals surface area contributed by atoms with E-state index in [9.17, 15) is 24.5 Å². The fraction of sp³-hybridized carbons (Fsp3) is 0.261. The number of carbonyl (C=O) groups is 2. The summed E-state index contributed by atoms with van der Waals surface area (Å²) in [6.45, 7) is 5.24. The molecule has 3 aromatic rings. The van der Waals surface area contributed by atoms with Crippen molar-refractivity contribution >= 4 is 23.5 Å². The first-order chi connectivity index (χ1) is 17.1. The summed E-state index contributed by atoms with van der Waals surface area (Å²) >= 11 is 0. The third-order valence-corrected chi connectivity index (χ3v) is 5.17. The minimum absolute atomic E-state index is 0.0810. The van der Waals surface area contributed by atoms with E-state index in [1.54, 1.807) is 6.92 Å². The molecule has 0 aliphatic rings. The van der Waals surface area contributed by atoms with Gasteiger partial charge in [0.1, 0.15) is 13.2 Å². The lowest BCUT2D eigenvalue weighted by Gasteiger charge is -2.13. The molecule has 0 aliphatic carbocycles. The summed E-state index contributed by atoms with van der Waals surface area (Å²) in [5.74, 6) is -0.591. The number of nitro groups is 1. The molecule has 0 spiro atoms. The average Bonchev–Trinajstić information content (AvgIpc) is 2.84. The number of rotatable bonds is 9. The number of nitrogens with one attached hydrogen (secondary N) is 3. The van der Waals surface area contributed by atoms with Crippen LogP contribution in [0.5, 0.6) is 0 Å². The highest BCUT2D eigenvalue weighted by Gasteiger charge is 2.13. The van der Waals surface area contributed by atoms with Crippen molar-refractivity contribution in [3.63, 3.8) is 0 Å². The number of anilines is 1. The maximum absolute atomic E-state index is 12.8. The van der Waals surface area contributed by atoms with Gasteiger partial charge in [0.05, 0.1) is 4.92 Å². The van der Waals surface area contributed by atoms with Crippen molar-refractivity contribution in [2.45, 2.75) is 40.5 Å². The molecule has 0 saturated carbocycles. The molecule has 3 rings (SSSR count). The van der Waals surface area contributed by atoms with Crippen LogP contribution in [0.1, 0.15) is 28.2 Å². The van der Waals surface area contributed by atoms with Crippen molar-refractivity contribution in [2.24, 2.45) is 0 Å². The standard InChI is InChI=1S/C23H25N7O6/c1-14-4-7-18(16(3)26-14)11-24-20(31)12-29-15(2)10-25-21(22(29)32)27-28-23(33)36-13-17-5-8-19(9-6-17)30(34)35/h4-10H,11-13H2,1-3H3,(H,24,31)(H,25,27)(H,28,33). The Kier molecular flexibility index (Phi) is 8.28. The van der Waals surface area contributed by atoms with Gasteiger partial charge in [0.25, 0.3) is 11.2 Å². The van der Waals surface area contributed by atoms with Crippen LogP contribution in [0.25, 0.3) is 0 Å². The van der Waals surface area contributed by atoms with Gasteiger partial charge < -0.3 is 10.1 Å². The molecule has 36 heavy (non-hydrogen) atoms. The van der Waals surface area contributed by atoms with Crippen LogP contribution in [0.2, 0.25) is 0 Å². The van der Waals surface area contributed by atoms with E-state index in [4.69, 9.17) is 4.74 Å². The number of aromatic nitrogens is 3. The van der Waals surface area contributed by atoms with Crippen LogP contribution in [0.4, 0.5) is 16.3 Å². The summed E-state index contributed by atoms with van der Waals surface area (Å²) in [7, 11) is 0. The van der Waals surface area contributed by atoms with Gasteiger partial charge in [-0.25, -0.2) is 15.2 Å². The van der Waals surface area contributed by atoms with Gasteiger partial charge in [0.2, 0.25) is 11.7 Å². The zero-order valence-corrected chi connectivity index (χ0v) is 19.9. The topological polar surface area (TPSA) is 170 Å². The molecule has 188 valence electrons.